The van der Waals surface area contributed by atoms with E-state index < -0.39 is 23.8 Å². The highest BCUT2D eigenvalue weighted by atomic mass is 19.1. The lowest BCUT2D eigenvalue weighted by atomic mass is 10.0. The Morgan fingerprint density at radius 3 is 2.92 bits per heavy atom. The van der Waals surface area contributed by atoms with Crippen molar-refractivity contribution in [2.24, 2.45) is 7.05 Å². The summed E-state index contributed by atoms with van der Waals surface area (Å²) in [7, 11) is 1.42. The van der Waals surface area contributed by atoms with E-state index in [0.717, 1.165) is 4.57 Å². The zero-order valence-corrected chi connectivity index (χ0v) is 13.0. The number of rotatable bonds is 2. The quantitative estimate of drug-likeness (QED) is 0.870. The summed E-state index contributed by atoms with van der Waals surface area (Å²) < 4.78 is 25.9. The number of aromatic nitrogens is 1. The fourth-order valence-corrected chi connectivity index (χ4v) is 3.42. The minimum Gasteiger partial charge on any atom is -0.442 e. The van der Waals surface area contributed by atoms with E-state index in [1.54, 1.807) is 0 Å². The van der Waals surface area contributed by atoms with Gasteiger partial charge in [-0.2, -0.15) is 0 Å². The van der Waals surface area contributed by atoms with E-state index >= 15 is 0 Å². The highest BCUT2D eigenvalue weighted by Crippen LogP contribution is 2.42. The largest absolute Gasteiger partial charge is 0.442 e. The molecule has 2 aliphatic rings. The second-order valence-corrected chi connectivity index (χ2v) is 5.96. The van der Waals surface area contributed by atoms with Gasteiger partial charge in [0.15, 0.2) is 11.4 Å². The number of anilines is 1. The van der Waals surface area contributed by atoms with E-state index in [4.69, 9.17) is 9.15 Å². The highest BCUT2D eigenvalue weighted by Gasteiger charge is 2.49. The third kappa shape index (κ3) is 1.87. The molecule has 1 N–H and O–H groups in total. The number of carbonyl (C=O) groups excluding carboxylic acids is 2. The second kappa shape index (κ2) is 4.83. The molecule has 9 heteroatoms. The number of carbonyl (C=O) groups is 2. The predicted octanol–water partition coefficient (Wildman–Crippen LogP) is 0.657. The molecule has 3 heterocycles. The molecule has 2 atom stereocenters. The number of nitrogens with one attached hydrogen (secondary N) is 1. The van der Waals surface area contributed by atoms with Gasteiger partial charge in [-0.25, -0.2) is 14.0 Å². The average Bonchev–Trinajstić information content (AvgIpc) is 3.12. The standard InChI is InChI=1S/C15H14FN3O5/c1-6(20)17-5-11-10-3-7-9(19(10)15(22)23-11)4-8(16)12-13(7)24-14(21)18(12)2/h4,10-11H,3,5H2,1-2H3,(H,17,20)/t10-,11-/m0/s1. The molecule has 2 aliphatic heterocycles. The summed E-state index contributed by atoms with van der Waals surface area (Å²) in [6, 6.07) is 0.837. The fourth-order valence-electron chi connectivity index (χ4n) is 3.42. The minimum atomic E-state index is -0.665. The molecule has 0 unspecified atom stereocenters. The molecule has 126 valence electrons. The molecular weight excluding hydrogens is 321 g/mol. The van der Waals surface area contributed by atoms with Crippen molar-refractivity contribution in [3.8, 4) is 0 Å². The van der Waals surface area contributed by atoms with Crippen molar-refractivity contribution in [2.75, 3.05) is 11.4 Å². The van der Waals surface area contributed by atoms with Gasteiger partial charge in [-0.1, -0.05) is 0 Å². The molecule has 0 saturated carbocycles. The summed E-state index contributed by atoms with van der Waals surface area (Å²) in [5, 5.41) is 2.61. The van der Waals surface area contributed by atoms with E-state index in [1.165, 1.54) is 24.9 Å². The number of cyclic esters (lactones) is 1. The third-order valence-electron chi connectivity index (χ3n) is 4.52. The molecule has 0 spiro atoms. The van der Waals surface area contributed by atoms with Crippen LogP contribution in [0.2, 0.25) is 0 Å². The Labute approximate surface area is 134 Å². The number of benzene rings is 1. The SMILES string of the molecule is CC(=O)NC[C@@H]1OC(=O)N2c3cc(F)c4c(oc(=O)n4C)c3C[C@@H]12. The predicted molar refractivity (Wildman–Crippen MR) is 80.3 cm³/mol. The number of ether oxygens (including phenoxy) is 1. The van der Waals surface area contributed by atoms with Crippen molar-refractivity contribution in [3.63, 3.8) is 0 Å². The van der Waals surface area contributed by atoms with E-state index in [2.05, 4.69) is 5.32 Å². The van der Waals surface area contributed by atoms with Crippen LogP contribution in [0.5, 0.6) is 0 Å². The number of halogens is 1. The first-order valence-corrected chi connectivity index (χ1v) is 7.43. The maximum absolute atomic E-state index is 14.4. The molecule has 4 rings (SSSR count). The number of fused-ring (bicyclic) bond motifs is 5. The lowest BCUT2D eigenvalue weighted by molar-refractivity contribution is -0.119. The fraction of sp³-hybridized carbons (Fsp3) is 0.400. The lowest BCUT2D eigenvalue weighted by Gasteiger charge is -2.16. The van der Waals surface area contributed by atoms with Crippen LogP contribution in [0, 0.1) is 5.82 Å². The minimum absolute atomic E-state index is 0.0756. The first kappa shape index (κ1) is 14.7. The van der Waals surface area contributed by atoms with Crippen molar-refractivity contribution in [3.05, 3.63) is 28.0 Å². The molecule has 0 radical (unpaired) electrons. The Bertz CT molecular complexity index is 947. The Kier molecular flexibility index (Phi) is 2.96. The van der Waals surface area contributed by atoms with Crippen LogP contribution in [0.4, 0.5) is 14.9 Å². The highest BCUT2D eigenvalue weighted by molar-refractivity contribution is 5.98. The number of nitrogens with zero attached hydrogens (tertiary/aromatic N) is 2. The first-order valence-electron chi connectivity index (χ1n) is 7.43. The topological polar surface area (TPSA) is 93.8 Å². The van der Waals surface area contributed by atoms with E-state index in [0.29, 0.717) is 17.7 Å². The molecule has 1 aromatic carbocycles. The van der Waals surface area contributed by atoms with E-state index in [1.807, 2.05) is 0 Å². The monoisotopic (exact) mass is 335 g/mol. The molecule has 1 fully saturated rings. The molecule has 8 nitrogen and oxygen atoms in total. The van der Waals surface area contributed by atoms with Crippen LogP contribution in [0.15, 0.2) is 15.3 Å². The molecule has 0 aliphatic carbocycles. The van der Waals surface area contributed by atoms with Gasteiger partial charge in [0.25, 0.3) is 0 Å². The smallest absolute Gasteiger partial charge is 0.419 e. The maximum atomic E-state index is 14.4. The molecule has 1 aromatic heterocycles. The summed E-state index contributed by atoms with van der Waals surface area (Å²) in [5.41, 5.74) is 1.16. The van der Waals surface area contributed by atoms with Gasteiger partial charge in [0, 0.05) is 32.0 Å². The first-order chi connectivity index (χ1) is 11.4. The van der Waals surface area contributed by atoms with Crippen molar-refractivity contribution >= 4 is 28.8 Å². The van der Waals surface area contributed by atoms with Crippen LogP contribution in [-0.2, 0) is 23.0 Å². The van der Waals surface area contributed by atoms with E-state index in [9.17, 15) is 18.8 Å². The maximum Gasteiger partial charge on any atom is 0.419 e. The van der Waals surface area contributed by atoms with Crippen LogP contribution in [-0.4, -0.2) is 35.3 Å². The Hall–Kier alpha value is -2.84. The molecular formula is C15H14FN3O5. The normalized spacial score (nSPS) is 21.8. The summed E-state index contributed by atoms with van der Waals surface area (Å²) in [5.74, 6) is -1.54. The second-order valence-electron chi connectivity index (χ2n) is 5.96. The van der Waals surface area contributed by atoms with Gasteiger partial charge in [0.05, 0.1) is 18.3 Å². The van der Waals surface area contributed by atoms with Crippen molar-refractivity contribution in [2.45, 2.75) is 25.5 Å². The van der Waals surface area contributed by atoms with Crippen LogP contribution >= 0.6 is 0 Å². The molecule has 2 aromatic rings. The van der Waals surface area contributed by atoms with Gasteiger partial charge in [-0.3, -0.25) is 14.3 Å². The summed E-state index contributed by atoms with van der Waals surface area (Å²) >= 11 is 0. The van der Waals surface area contributed by atoms with Crippen molar-refractivity contribution in [1.82, 2.24) is 9.88 Å². The molecule has 0 bridgehead atoms. The van der Waals surface area contributed by atoms with Crippen LogP contribution < -0.4 is 16.0 Å². The number of amides is 2. The Morgan fingerprint density at radius 1 is 1.46 bits per heavy atom. The third-order valence-corrected chi connectivity index (χ3v) is 4.52. The van der Waals surface area contributed by atoms with Crippen LogP contribution in [0.25, 0.3) is 11.1 Å². The molecule has 2 amide bonds. The van der Waals surface area contributed by atoms with Gasteiger partial charge in [-0.15, -0.1) is 0 Å². The lowest BCUT2D eigenvalue weighted by Crippen LogP contribution is -2.40. The van der Waals surface area contributed by atoms with E-state index in [-0.39, 0.29) is 29.6 Å². The van der Waals surface area contributed by atoms with Crippen molar-refractivity contribution < 1.29 is 23.1 Å². The average molecular weight is 335 g/mol. The number of hydrogen-bond acceptors (Lipinski definition) is 5. The molecule has 1 saturated heterocycles. The number of hydrogen-bond donors (Lipinski definition) is 1. The van der Waals surface area contributed by atoms with Gasteiger partial charge < -0.3 is 14.5 Å². The summed E-state index contributed by atoms with van der Waals surface area (Å²) in [4.78, 5) is 36.3. The Morgan fingerprint density at radius 2 is 2.21 bits per heavy atom. The van der Waals surface area contributed by atoms with Crippen LogP contribution in [0.3, 0.4) is 0 Å². The molecule has 24 heavy (non-hydrogen) atoms. The van der Waals surface area contributed by atoms with Gasteiger partial charge in [0.2, 0.25) is 5.91 Å². The summed E-state index contributed by atoms with van der Waals surface area (Å²) in [6.45, 7) is 1.54. The Balaban J connectivity index is 1.80. The number of aryl methyl sites for hydroxylation is 1. The summed E-state index contributed by atoms with van der Waals surface area (Å²) in [6.07, 6.45) is -0.803. The van der Waals surface area contributed by atoms with Crippen LogP contribution in [0.1, 0.15) is 12.5 Å². The van der Waals surface area contributed by atoms with Gasteiger partial charge >= 0.3 is 11.8 Å². The zero-order chi connectivity index (χ0) is 17.2. The number of oxazole rings is 1. The van der Waals surface area contributed by atoms with Crippen molar-refractivity contribution in [1.29, 1.82) is 0 Å². The van der Waals surface area contributed by atoms with Gasteiger partial charge in [0.1, 0.15) is 11.6 Å². The van der Waals surface area contributed by atoms with Gasteiger partial charge in [-0.05, 0) is 0 Å². The zero-order valence-electron chi connectivity index (χ0n) is 13.0.